The van der Waals surface area contributed by atoms with E-state index >= 15 is 0 Å². The average molecular weight is 283 g/mol. The third kappa shape index (κ3) is 7.27. The van der Waals surface area contributed by atoms with Crippen LogP contribution in [-0.4, -0.2) is 41.4 Å². The first-order valence-electron chi connectivity index (χ1n) is 5.05. The zero-order chi connectivity index (χ0) is 13.5. The van der Waals surface area contributed by atoms with Crippen molar-refractivity contribution >= 4 is 20.0 Å². The van der Waals surface area contributed by atoms with E-state index in [0.29, 0.717) is 6.42 Å². The Morgan fingerprint density at radius 1 is 1.18 bits per heavy atom. The quantitative estimate of drug-likeness (QED) is 0.563. The van der Waals surface area contributed by atoms with Crippen LogP contribution in [0.15, 0.2) is 0 Å². The second-order valence-corrected chi connectivity index (χ2v) is 7.27. The van der Waals surface area contributed by atoms with Gasteiger partial charge in [-0.1, -0.05) is 6.92 Å². The number of hydrogen-bond acceptors (Lipinski definition) is 5. The summed E-state index contributed by atoms with van der Waals surface area (Å²) in [6.07, 6.45) is 1.57. The Hall–Kier alpha value is -0.690. The van der Waals surface area contributed by atoms with Gasteiger partial charge in [0.05, 0.1) is 12.3 Å². The van der Waals surface area contributed by atoms with Crippen LogP contribution in [0.2, 0.25) is 0 Å². The number of hydrogen-bond donors (Lipinski definition) is 2. The summed E-state index contributed by atoms with van der Waals surface area (Å²) in [7, 11) is -6.87. The smallest absolute Gasteiger partial charge is 0.215 e. The molecule has 17 heavy (non-hydrogen) atoms. The number of nitrogens with zero attached hydrogens (tertiary/aromatic N) is 1. The molecule has 0 bridgehead atoms. The van der Waals surface area contributed by atoms with E-state index in [-0.39, 0.29) is 19.5 Å². The molecule has 7 nitrogen and oxygen atoms in total. The van der Waals surface area contributed by atoms with Crippen LogP contribution in [0, 0.1) is 11.3 Å². The van der Waals surface area contributed by atoms with Crippen LogP contribution in [0.1, 0.15) is 19.8 Å². The summed E-state index contributed by atoms with van der Waals surface area (Å²) in [5.74, 6) is 0. The number of nitrogens with one attached hydrogen (secondary N) is 2. The molecule has 9 heteroatoms. The molecule has 1 unspecified atom stereocenters. The summed E-state index contributed by atoms with van der Waals surface area (Å²) >= 11 is 0. The van der Waals surface area contributed by atoms with Crippen molar-refractivity contribution in [1.29, 1.82) is 5.26 Å². The van der Waals surface area contributed by atoms with Crippen LogP contribution >= 0.6 is 0 Å². The molecule has 0 aliphatic rings. The Labute approximate surface area is 102 Å². The lowest BCUT2D eigenvalue weighted by atomic mass is 10.4. The van der Waals surface area contributed by atoms with Gasteiger partial charge in [-0.3, -0.25) is 0 Å². The predicted molar refractivity (Wildman–Crippen MR) is 64.1 cm³/mol. The molecule has 0 radical (unpaired) electrons. The van der Waals surface area contributed by atoms with Crippen molar-refractivity contribution in [3.8, 4) is 6.07 Å². The molecule has 0 spiro atoms. The molecule has 0 amide bonds. The summed E-state index contributed by atoms with van der Waals surface area (Å²) in [6, 6.07) is 1.70. The predicted octanol–water partition coefficient (Wildman–Crippen LogP) is -0.853. The monoisotopic (exact) mass is 283 g/mol. The largest absolute Gasteiger partial charge is 0.227 e. The molecule has 0 saturated carbocycles. The molecule has 0 saturated heterocycles. The molecule has 0 aromatic carbocycles. The van der Waals surface area contributed by atoms with Gasteiger partial charge in [-0.25, -0.2) is 26.3 Å². The fourth-order valence-corrected chi connectivity index (χ4v) is 2.76. The highest BCUT2D eigenvalue weighted by atomic mass is 32.2. The van der Waals surface area contributed by atoms with Crippen LogP contribution in [0.3, 0.4) is 0 Å². The molecule has 0 fully saturated rings. The average Bonchev–Trinajstić information content (AvgIpc) is 2.16. The van der Waals surface area contributed by atoms with Gasteiger partial charge in [0, 0.05) is 13.1 Å². The maximum atomic E-state index is 11.5. The summed E-state index contributed by atoms with van der Waals surface area (Å²) in [6.45, 7) is 1.87. The van der Waals surface area contributed by atoms with Crippen LogP contribution < -0.4 is 9.44 Å². The van der Waals surface area contributed by atoms with E-state index in [9.17, 15) is 16.8 Å². The van der Waals surface area contributed by atoms with Gasteiger partial charge in [0.15, 0.2) is 5.25 Å². The van der Waals surface area contributed by atoms with Crippen LogP contribution in [0.4, 0.5) is 0 Å². The Bertz CT molecular complexity index is 463. The lowest BCUT2D eigenvalue weighted by Crippen LogP contribution is -2.35. The summed E-state index contributed by atoms with van der Waals surface area (Å²) in [5, 5.41) is 7.55. The summed E-state index contributed by atoms with van der Waals surface area (Å²) < 4.78 is 48.9. The first kappa shape index (κ1) is 16.3. The first-order valence-corrected chi connectivity index (χ1v) is 8.49. The summed E-state index contributed by atoms with van der Waals surface area (Å²) in [5.41, 5.74) is 0. The zero-order valence-corrected chi connectivity index (χ0v) is 11.4. The highest BCUT2D eigenvalue weighted by Crippen LogP contribution is 2.02. The van der Waals surface area contributed by atoms with Crippen LogP contribution in [0.25, 0.3) is 0 Å². The topological polar surface area (TPSA) is 116 Å². The molecule has 0 aliphatic heterocycles. The van der Waals surface area contributed by atoms with Gasteiger partial charge >= 0.3 is 0 Å². The molecular weight excluding hydrogens is 266 g/mol. The van der Waals surface area contributed by atoms with Gasteiger partial charge in [0.25, 0.3) is 0 Å². The highest BCUT2D eigenvalue weighted by Gasteiger charge is 2.22. The van der Waals surface area contributed by atoms with E-state index in [1.807, 2.05) is 0 Å². The molecule has 1 atom stereocenters. The molecular formula is C8H17N3O4S2. The second-order valence-electron chi connectivity index (χ2n) is 3.49. The molecule has 100 valence electrons. The van der Waals surface area contributed by atoms with Crippen molar-refractivity contribution < 1.29 is 16.8 Å². The molecule has 0 aliphatic carbocycles. The van der Waals surface area contributed by atoms with E-state index in [4.69, 9.17) is 5.26 Å². The molecule has 2 N–H and O–H groups in total. The Morgan fingerprint density at radius 2 is 1.71 bits per heavy atom. The van der Waals surface area contributed by atoms with Crippen LogP contribution in [-0.2, 0) is 20.0 Å². The lowest BCUT2D eigenvalue weighted by molar-refractivity contribution is 0.568. The van der Waals surface area contributed by atoms with Crippen molar-refractivity contribution in [2.24, 2.45) is 0 Å². The zero-order valence-electron chi connectivity index (χ0n) is 9.80. The fraction of sp³-hybridized carbons (Fsp3) is 0.875. The molecule has 0 aromatic heterocycles. The standard InChI is InChI=1S/C8H17N3O4S2/c1-3-8(7-9)17(14,15)11-6-4-5-10-16(2,12)13/h8,10-11H,3-6H2,1-2H3. The highest BCUT2D eigenvalue weighted by molar-refractivity contribution is 7.90. The maximum absolute atomic E-state index is 11.5. The van der Waals surface area contributed by atoms with Crippen molar-refractivity contribution in [1.82, 2.24) is 9.44 Å². The number of rotatable bonds is 8. The van der Waals surface area contributed by atoms with Gasteiger partial charge in [-0.2, -0.15) is 5.26 Å². The minimum atomic E-state index is -3.63. The third-order valence-electron chi connectivity index (χ3n) is 1.91. The summed E-state index contributed by atoms with van der Waals surface area (Å²) in [4.78, 5) is 0. The van der Waals surface area contributed by atoms with E-state index in [1.54, 1.807) is 13.0 Å². The second kappa shape index (κ2) is 6.90. The number of nitriles is 1. The van der Waals surface area contributed by atoms with Gasteiger partial charge in [0.1, 0.15) is 0 Å². The van der Waals surface area contributed by atoms with E-state index in [2.05, 4.69) is 9.44 Å². The fourth-order valence-electron chi connectivity index (χ4n) is 1.04. The number of sulfonamides is 2. The Kier molecular flexibility index (Phi) is 6.62. The van der Waals surface area contributed by atoms with E-state index in [1.165, 1.54) is 0 Å². The van der Waals surface area contributed by atoms with Gasteiger partial charge in [0.2, 0.25) is 20.0 Å². The first-order chi connectivity index (χ1) is 7.73. The Morgan fingerprint density at radius 3 is 2.12 bits per heavy atom. The maximum Gasteiger partial charge on any atom is 0.227 e. The van der Waals surface area contributed by atoms with Crippen molar-refractivity contribution in [2.45, 2.75) is 25.0 Å². The van der Waals surface area contributed by atoms with Crippen molar-refractivity contribution in [2.75, 3.05) is 19.3 Å². The van der Waals surface area contributed by atoms with Crippen LogP contribution in [0.5, 0.6) is 0 Å². The van der Waals surface area contributed by atoms with Gasteiger partial charge in [-0.15, -0.1) is 0 Å². The molecule has 0 heterocycles. The van der Waals surface area contributed by atoms with Gasteiger partial charge < -0.3 is 0 Å². The minimum absolute atomic E-state index is 0.100. The Balaban J connectivity index is 4.02. The normalized spacial score (nSPS) is 14.2. The van der Waals surface area contributed by atoms with E-state index < -0.39 is 25.3 Å². The molecule has 0 aromatic rings. The third-order valence-corrected chi connectivity index (χ3v) is 4.43. The minimum Gasteiger partial charge on any atom is -0.215 e. The van der Waals surface area contributed by atoms with Gasteiger partial charge in [-0.05, 0) is 12.8 Å². The van der Waals surface area contributed by atoms with Crippen molar-refractivity contribution in [3.05, 3.63) is 0 Å². The molecule has 0 rings (SSSR count). The van der Waals surface area contributed by atoms with E-state index in [0.717, 1.165) is 6.26 Å². The lowest BCUT2D eigenvalue weighted by Gasteiger charge is -2.09. The SMILES string of the molecule is CCC(C#N)S(=O)(=O)NCCCNS(C)(=O)=O. The van der Waals surface area contributed by atoms with Crippen molar-refractivity contribution in [3.63, 3.8) is 0 Å².